The Kier molecular flexibility index (Phi) is 6.21. The molecule has 6 rings (SSSR count). The summed E-state index contributed by atoms with van der Waals surface area (Å²) < 4.78 is 4.72. The van der Waals surface area contributed by atoms with E-state index in [2.05, 4.69) is 142 Å². The van der Waals surface area contributed by atoms with Gasteiger partial charge in [-0.1, -0.05) is 48.5 Å². The largest absolute Gasteiger partial charge is 0.604 e. The van der Waals surface area contributed by atoms with Crippen LogP contribution in [0.15, 0.2) is 127 Å². The summed E-state index contributed by atoms with van der Waals surface area (Å²) in [6.45, 7) is 2.85. The van der Waals surface area contributed by atoms with Crippen LogP contribution >= 0.6 is 0 Å². The summed E-state index contributed by atoms with van der Waals surface area (Å²) in [6.07, 6.45) is 9.75. The van der Waals surface area contributed by atoms with E-state index in [1.165, 1.54) is 33.8 Å². The molecule has 3 heterocycles. The van der Waals surface area contributed by atoms with Gasteiger partial charge in [0.1, 0.15) is 0 Å². The molecule has 180 valence electrons. The molecule has 4 nitrogen and oxygen atoms in total. The van der Waals surface area contributed by atoms with Crippen LogP contribution in [0.2, 0.25) is 0 Å². The second-order valence-electron chi connectivity index (χ2n) is 9.48. The first-order valence-corrected chi connectivity index (χ1v) is 12.8. The average molecular weight is 481 g/mol. The molecule has 3 aromatic carbocycles. The van der Waals surface area contributed by atoms with E-state index in [-0.39, 0.29) is 0 Å². The summed E-state index contributed by atoms with van der Waals surface area (Å²) >= 11 is 0. The average Bonchev–Trinajstić information content (AvgIpc) is 3.54. The van der Waals surface area contributed by atoms with E-state index in [1.807, 2.05) is 0 Å². The molecule has 0 radical (unpaired) electrons. The van der Waals surface area contributed by atoms with E-state index in [4.69, 9.17) is 5.73 Å². The maximum absolute atomic E-state index is 5.98. The molecule has 4 aromatic rings. The molecule has 2 aliphatic heterocycles. The second-order valence-corrected chi connectivity index (χ2v) is 9.48. The molecule has 0 saturated carbocycles. The van der Waals surface area contributed by atoms with Crippen LogP contribution in [-0.2, 0) is 0 Å². The first-order valence-electron chi connectivity index (χ1n) is 12.8. The molecule has 0 unspecified atom stereocenters. The van der Waals surface area contributed by atoms with Crippen LogP contribution < -0.4 is 10.6 Å². The highest BCUT2D eigenvalue weighted by Crippen LogP contribution is 2.35. The first kappa shape index (κ1) is 23.1. The van der Waals surface area contributed by atoms with E-state index >= 15 is 0 Å². The number of benzene rings is 3. The lowest BCUT2D eigenvalue weighted by Crippen LogP contribution is -2.31. The predicted molar refractivity (Wildman–Crippen MR) is 157 cm³/mol. The lowest BCUT2D eigenvalue weighted by Gasteiger charge is -2.25. The smallest absolute Gasteiger partial charge is 0.330 e. The Labute approximate surface area is 219 Å². The van der Waals surface area contributed by atoms with Gasteiger partial charge in [-0.3, -0.25) is 4.49 Å². The van der Waals surface area contributed by atoms with Gasteiger partial charge in [0.05, 0.1) is 0 Å². The number of nitrogens with two attached hydrogens (primary N) is 1. The number of aromatic nitrogens is 1. The van der Waals surface area contributed by atoms with Crippen LogP contribution in [0.4, 0.5) is 17.1 Å². The van der Waals surface area contributed by atoms with Crippen molar-refractivity contribution in [1.82, 2.24) is 4.48 Å². The number of para-hydroxylation sites is 2. The number of hydrogen-bond acceptors (Lipinski definition) is 2. The minimum Gasteiger partial charge on any atom is -0.330 e. The zero-order chi connectivity index (χ0) is 25.2. The van der Waals surface area contributed by atoms with Gasteiger partial charge in [0.15, 0.2) is 11.4 Å². The standard InChI is InChI=1S/C32H30BN4/c1-24-23-29(37-32(24)30(20-21-34)31-13-8-22-35(31)33-37)19-16-25-14-17-28(18-15-25)36(26-9-4-2-5-10-26)27-11-6-3-7-12-27/h2-19,22-23,33H,20-21,34H2,1H3/q+1. The van der Waals surface area contributed by atoms with Crippen molar-refractivity contribution >= 4 is 42.0 Å². The van der Waals surface area contributed by atoms with Crippen LogP contribution in [0.3, 0.4) is 0 Å². The van der Waals surface area contributed by atoms with Gasteiger partial charge in [-0.05, 0) is 86.3 Å². The summed E-state index contributed by atoms with van der Waals surface area (Å²) in [5, 5.41) is 0. The number of anilines is 3. The van der Waals surface area contributed by atoms with Crippen LogP contribution in [0.5, 0.6) is 0 Å². The summed E-state index contributed by atoms with van der Waals surface area (Å²) in [5.41, 5.74) is 17.0. The molecular weight excluding hydrogens is 451 g/mol. The molecule has 0 atom stereocenters. The van der Waals surface area contributed by atoms with Crippen molar-refractivity contribution < 1.29 is 4.49 Å². The van der Waals surface area contributed by atoms with E-state index in [9.17, 15) is 0 Å². The van der Waals surface area contributed by atoms with Crippen LogP contribution in [0.25, 0.3) is 11.6 Å². The van der Waals surface area contributed by atoms with Crippen molar-refractivity contribution in [3.05, 3.63) is 138 Å². The van der Waals surface area contributed by atoms with Gasteiger partial charge < -0.3 is 15.1 Å². The van der Waals surface area contributed by atoms with Crippen LogP contribution in [0.1, 0.15) is 24.6 Å². The van der Waals surface area contributed by atoms with Gasteiger partial charge in [-0.2, -0.15) is 0 Å². The molecule has 2 aliphatic rings. The third kappa shape index (κ3) is 4.39. The van der Waals surface area contributed by atoms with Gasteiger partial charge in [-0.15, -0.1) is 0 Å². The fraction of sp³-hybridized carbons (Fsp3) is 0.0938. The van der Waals surface area contributed by atoms with E-state index in [0.717, 1.165) is 31.0 Å². The lowest BCUT2D eigenvalue weighted by atomic mass is 9.93. The zero-order valence-corrected chi connectivity index (χ0v) is 21.1. The van der Waals surface area contributed by atoms with E-state index in [1.54, 1.807) is 0 Å². The second kappa shape index (κ2) is 9.96. The highest BCUT2D eigenvalue weighted by atomic mass is 15.1. The maximum atomic E-state index is 5.98. The summed E-state index contributed by atoms with van der Waals surface area (Å²) in [6, 6.07) is 34.1. The van der Waals surface area contributed by atoms with E-state index in [0.29, 0.717) is 6.54 Å². The van der Waals surface area contributed by atoms with Crippen LogP contribution in [0, 0.1) is 0 Å². The van der Waals surface area contributed by atoms with Gasteiger partial charge in [0, 0.05) is 46.1 Å². The maximum Gasteiger partial charge on any atom is 0.604 e. The molecular formula is C32H30BN4+. The summed E-state index contributed by atoms with van der Waals surface area (Å²) in [5.74, 6) is 0. The van der Waals surface area contributed by atoms with Crippen molar-refractivity contribution in [2.45, 2.75) is 13.3 Å². The predicted octanol–water partition coefficient (Wildman–Crippen LogP) is 6.27. The van der Waals surface area contributed by atoms with Gasteiger partial charge in [0.2, 0.25) is 0 Å². The Hall–Kier alpha value is -4.35. The van der Waals surface area contributed by atoms with Crippen molar-refractivity contribution in [3.63, 3.8) is 0 Å². The minimum absolute atomic E-state index is 0.644. The highest BCUT2D eigenvalue weighted by Gasteiger charge is 2.36. The Morgan fingerprint density at radius 3 is 2.11 bits per heavy atom. The summed E-state index contributed by atoms with van der Waals surface area (Å²) in [4.78, 5) is 2.28. The molecule has 37 heavy (non-hydrogen) atoms. The normalized spacial score (nSPS) is 14.5. The third-order valence-electron chi connectivity index (χ3n) is 7.06. The minimum atomic E-state index is 0.644. The van der Waals surface area contributed by atoms with Crippen molar-refractivity contribution in [2.24, 2.45) is 5.73 Å². The van der Waals surface area contributed by atoms with E-state index < -0.39 is 0 Å². The molecule has 0 spiro atoms. The number of rotatable bonds is 7. The van der Waals surface area contributed by atoms with Crippen molar-refractivity contribution in [3.8, 4) is 0 Å². The third-order valence-corrected chi connectivity index (χ3v) is 7.06. The molecule has 2 N–H and O–H groups in total. The summed E-state index contributed by atoms with van der Waals surface area (Å²) in [7, 11) is 0.821. The van der Waals surface area contributed by atoms with Gasteiger partial charge >= 0.3 is 7.55 Å². The SMILES string of the molecule is CC1=CC(/C=C/c2ccc(N(c3ccccc3)c3ccccc3)cc2)=[N+]2Bn3cccc3C(CCN)=C12. The topological polar surface area (TPSA) is 37.2 Å². The Balaban J connectivity index is 1.31. The number of nitrogens with zero attached hydrogens (tertiary/aromatic N) is 3. The quantitative estimate of drug-likeness (QED) is 0.316. The molecule has 0 aliphatic carbocycles. The Bertz CT molecular complexity index is 1500. The Morgan fingerprint density at radius 1 is 0.811 bits per heavy atom. The number of allylic oxidation sites excluding steroid dienone is 3. The fourth-order valence-corrected chi connectivity index (χ4v) is 5.39. The molecule has 0 amide bonds. The molecule has 0 fully saturated rings. The van der Waals surface area contributed by atoms with Crippen molar-refractivity contribution in [2.75, 3.05) is 11.4 Å². The van der Waals surface area contributed by atoms with Crippen LogP contribution in [-0.4, -0.2) is 28.8 Å². The molecule has 0 bridgehead atoms. The zero-order valence-electron chi connectivity index (χ0n) is 21.1. The fourth-order valence-electron chi connectivity index (χ4n) is 5.39. The van der Waals surface area contributed by atoms with Crippen molar-refractivity contribution in [1.29, 1.82) is 0 Å². The van der Waals surface area contributed by atoms with Gasteiger partial charge in [0.25, 0.3) is 0 Å². The molecule has 0 saturated heterocycles. The first-order chi connectivity index (χ1) is 18.2. The molecule has 5 heteroatoms. The number of hydrogen-bond donors (Lipinski definition) is 1. The molecule has 1 aromatic heterocycles. The highest BCUT2D eigenvalue weighted by molar-refractivity contribution is 6.29. The lowest BCUT2D eigenvalue weighted by molar-refractivity contribution is -0.314. The number of fused-ring (bicyclic) bond motifs is 2. The van der Waals surface area contributed by atoms with Gasteiger partial charge in [-0.25, -0.2) is 0 Å². The Morgan fingerprint density at radius 2 is 1.46 bits per heavy atom. The monoisotopic (exact) mass is 481 g/mol.